The highest BCUT2D eigenvalue weighted by Crippen LogP contribution is 2.26. The molecule has 0 radical (unpaired) electrons. The largest absolute Gasteiger partial charge is 0.483 e. The summed E-state index contributed by atoms with van der Waals surface area (Å²) in [4.78, 5) is 16.6. The zero-order valence-electron chi connectivity index (χ0n) is 13.7. The maximum atomic E-state index is 12.1. The minimum absolute atomic E-state index is 0.0375. The molecule has 1 N–H and O–H groups in total. The van der Waals surface area contributed by atoms with Crippen LogP contribution < -0.4 is 10.1 Å². The van der Waals surface area contributed by atoms with Crippen molar-refractivity contribution in [2.75, 3.05) is 11.9 Å². The fourth-order valence-electron chi connectivity index (χ4n) is 2.32. The van der Waals surface area contributed by atoms with Gasteiger partial charge in [0.25, 0.3) is 5.91 Å². The van der Waals surface area contributed by atoms with E-state index in [2.05, 4.69) is 33.2 Å². The van der Waals surface area contributed by atoms with Crippen LogP contribution in [0.25, 0.3) is 11.3 Å². The second kappa shape index (κ2) is 8.27. The molecule has 1 amide bonds. The van der Waals surface area contributed by atoms with Gasteiger partial charge in [-0.25, -0.2) is 4.98 Å². The molecule has 1 heterocycles. The third-order valence-electron chi connectivity index (χ3n) is 3.60. The number of aromatic nitrogens is 1. The highest BCUT2D eigenvalue weighted by atomic mass is 79.9. The van der Waals surface area contributed by atoms with E-state index in [0.717, 1.165) is 33.5 Å². The highest BCUT2D eigenvalue weighted by Gasteiger charge is 2.10. The van der Waals surface area contributed by atoms with Crippen LogP contribution in [0.4, 0.5) is 5.13 Å². The fraction of sp³-hybridized carbons (Fsp3) is 0.158. The van der Waals surface area contributed by atoms with Gasteiger partial charge in [0.05, 0.1) is 5.69 Å². The zero-order valence-corrected chi connectivity index (χ0v) is 16.1. The van der Waals surface area contributed by atoms with Crippen LogP contribution in [0.1, 0.15) is 12.5 Å². The molecule has 2 aromatic carbocycles. The number of hydrogen-bond acceptors (Lipinski definition) is 4. The van der Waals surface area contributed by atoms with Crippen molar-refractivity contribution in [3.05, 3.63) is 63.9 Å². The van der Waals surface area contributed by atoms with Crippen LogP contribution in [-0.2, 0) is 11.2 Å². The van der Waals surface area contributed by atoms with E-state index in [9.17, 15) is 4.79 Å². The Kier molecular flexibility index (Phi) is 5.83. The summed E-state index contributed by atoms with van der Waals surface area (Å²) >= 11 is 4.81. The number of amides is 1. The normalized spacial score (nSPS) is 10.5. The van der Waals surface area contributed by atoms with Gasteiger partial charge in [0.15, 0.2) is 11.7 Å². The van der Waals surface area contributed by atoms with E-state index in [1.54, 1.807) is 0 Å². The molecule has 0 aliphatic rings. The first-order chi connectivity index (χ1) is 12.2. The fourth-order valence-corrected chi connectivity index (χ4v) is 3.32. The van der Waals surface area contributed by atoms with Gasteiger partial charge < -0.3 is 4.74 Å². The predicted octanol–water partition coefficient (Wildman–Crippen LogP) is 5.15. The average Bonchev–Trinajstić information content (AvgIpc) is 3.09. The van der Waals surface area contributed by atoms with E-state index in [-0.39, 0.29) is 12.5 Å². The van der Waals surface area contributed by atoms with Crippen molar-refractivity contribution in [3.63, 3.8) is 0 Å². The molecule has 0 fully saturated rings. The Morgan fingerprint density at radius 1 is 1.20 bits per heavy atom. The number of para-hydroxylation sites is 1. The molecule has 0 aliphatic heterocycles. The van der Waals surface area contributed by atoms with Crippen molar-refractivity contribution in [2.45, 2.75) is 13.3 Å². The van der Waals surface area contributed by atoms with Crippen LogP contribution in [0.2, 0.25) is 0 Å². The molecule has 0 saturated heterocycles. The first kappa shape index (κ1) is 17.6. The van der Waals surface area contributed by atoms with Crippen molar-refractivity contribution in [1.29, 1.82) is 0 Å². The summed E-state index contributed by atoms with van der Waals surface area (Å²) in [5, 5.41) is 5.27. The number of benzene rings is 2. The highest BCUT2D eigenvalue weighted by molar-refractivity contribution is 9.10. The van der Waals surface area contributed by atoms with Crippen LogP contribution in [0.15, 0.2) is 58.4 Å². The number of hydrogen-bond donors (Lipinski definition) is 1. The average molecular weight is 417 g/mol. The van der Waals surface area contributed by atoms with Gasteiger partial charge in [-0.05, 0) is 30.2 Å². The molecule has 0 unspecified atom stereocenters. The smallest absolute Gasteiger partial charge is 0.264 e. The monoisotopic (exact) mass is 416 g/mol. The summed E-state index contributed by atoms with van der Waals surface area (Å²) in [6, 6.07) is 15.6. The lowest BCUT2D eigenvalue weighted by atomic mass is 10.1. The number of ether oxygens (including phenoxy) is 1. The zero-order chi connectivity index (χ0) is 17.6. The Balaban J connectivity index is 1.59. The summed E-state index contributed by atoms with van der Waals surface area (Å²) in [5.74, 6) is 0.525. The Bertz CT molecular complexity index is 862. The number of rotatable bonds is 6. The van der Waals surface area contributed by atoms with Gasteiger partial charge in [-0.2, -0.15) is 0 Å². The third kappa shape index (κ3) is 4.67. The lowest BCUT2D eigenvalue weighted by Gasteiger charge is -2.09. The summed E-state index contributed by atoms with van der Waals surface area (Å²) < 4.78 is 6.64. The van der Waals surface area contributed by atoms with Gasteiger partial charge in [0.2, 0.25) is 0 Å². The Hall–Kier alpha value is -2.18. The Labute approximate surface area is 159 Å². The van der Waals surface area contributed by atoms with Gasteiger partial charge in [-0.3, -0.25) is 10.1 Å². The topological polar surface area (TPSA) is 51.2 Å². The molecular formula is C19H17BrN2O2S. The first-order valence-corrected chi connectivity index (χ1v) is 9.55. The summed E-state index contributed by atoms with van der Waals surface area (Å²) in [6.45, 7) is 2.02. The van der Waals surface area contributed by atoms with Gasteiger partial charge in [0, 0.05) is 15.4 Å². The van der Waals surface area contributed by atoms with Crippen LogP contribution >= 0.6 is 27.3 Å². The second-order valence-corrected chi connectivity index (χ2v) is 7.12. The molecule has 0 bridgehead atoms. The Morgan fingerprint density at radius 2 is 1.96 bits per heavy atom. The molecule has 3 aromatic rings. The maximum Gasteiger partial charge on any atom is 0.264 e. The maximum absolute atomic E-state index is 12.1. The number of thiazole rings is 1. The molecular weight excluding hydrogens is 400 g/mol. The predicted molar refractivity (Wildman–Crippen MR) is 105 cm³/mol. The van der Waals surface area contributed by atoms with Crippen LogP contribution in [0, 0.1) is 0 Å². The summed E-state index contributed by atoms with van der Waals surface area (Å²) in [7, 11) is 0. The lowest BCUT2D eigenvalue weighted by Crippen LogP contribution is -2.20. The molecule has 0 saturated carbocycles. The van der Waals surface area contributed by atoms with E-state index in [0.29, 0.717) is 5.13 Å². The van der Waals surface area contributed by atoms with Gasteiger partial charge >= 0.3 is 0 Å². The molecule has 6 heteroatoms. The van der Waals surface area contributed by atoms with Crippen molar-refractivity contribution in [2.24, 2.45) is 0 Å². The quantitative estimate of drug-likeness (QED) is 0.603. The van der Waals surface area contributed by atoms with Gasteiger partial charge in [0.1, 0.15) is 5.75 Å². The first-order valence-electron chi connectivity index (χ1n) is 7.87. The van der Waals surface area contributed by atoms with E-state index in [1.165, 1.54) is 11.3 Å². The number of nitrogens with one attached hydrogen (secondary N) is 1. The number of halogens is 1. The molecule has 1 aromatic heterocycles. The van der Waals surface area contributed by atoms with E-state index < -0.39 is 0 Å². The summed E-state index contributed by atoms with van der Waals surface area (Å²) in [5.41, 5.74) is 2.93. The lowest BCUT2D eigenvalue weighted by molar-refractivity contribution is -0.118. The van der Waals surface area contributed by atoms with Crippen LogP contribution in [0.3, 0.4) is 0 Å². The van der Waals surface area contributed by atoms with E-state index >= 15 is 0 Å². The van der Waals surface area contributed by atoms with Crippen LogP contribution in [-0.4, -0.2) is 17.5 Å². The van der Waals surface area contributed by atoms with E-state index in [4.69, 9.17) is 4.74 Å². The third-order valence-corrected chi connectivity index (χ3v) is 4.89. The molecule has 3 rings (SSSR count). The van der Waals surface area contributed by atoms with Crippen molar-refractivity contribution >= 4 is 38.3 Å². The van der Waals surface area contributed by atoms with Crippen LogP contribution in [0.5, 0.6) is 5.75 Å². The minimum Gasteiger partial charge on any atom is -0.483 e. The van der Waals surface area contributed by atoms with Gasteiger partial charge in [-0.1, -0.05) is 53.2 Å². The summed E-state index contributed by atoms with van der Waals surface area (Å²) in [6.07, 6.45) is 0.862. The van der Waals surface area contributed by atoms with Crippen molar-refractivity contribution in [3.8, 4) is 17.0 Å². The second-order valence-electron chi connectivity index (χ2n) is 5.34. The number of aryl methyl sites for hydroxylation is 1. The molecule has 0 aliphatic carbocycles. The van der Waals surface area contributed by atoms with Crippen molar-refractivity contribution in [1.82, 2.24) is 4.98 Å². The standard InChI is InChI=1S/C19H17BrN2O2S/c1-2-13-5-3-4-6-17(13)24-11-18(23)22-19-21-16(12-25-19)14-7-9-15(20)10-8-14/h3-10,12H,2,11H2,1H3,(H,21,22,23). The van der Waals surface area contributed by atoms with E-state index in [1.807, 2.05) is 53.9 Å². The Morgan fingerprint density at radius 3 is 2.72 bits per heavy atom. The molecule has 128 valence electrons. The SMILES string of the molecule is CCc1ccccc1OCC(=O)Nc1nc(-c2ccc(Br)cc2)cs1. The number of anilines is 1. The number of nitrogens with zero attached hydrogens (tertiary/aromatic N) is 1. The molecule has 0 atom stereocenters. The molecule has 25 heavy (non-hydrogen) atoms. The minimum atomic E-state index is -0.220. The molecule has 0 spiro atoms. The van der Waals surface area contributed by atoms with Gasteiger partial charge in [-0.15, -0.1) is 11.3 Å². The molecule has 4 nitrogen and oxygen atoms in total. The number of carbonyl (C=O) groups is 1. The van der Waals surface area contributed by atoms with Crippen molar-refractivity contribution < 1.29 is 9.53 Å². The number of carbonyl (C=O) groups excluding carboxylic acids is 1.